The van der Waals surface area contributed by atoms with Crippen molar-refractivity contribution >= 4 is 17.5 Å². The molecule has 58 valence electrons. The van der Waals surface area contributed by atoms with Crippen LogP contribution >= 0.6 is 11.6 Å². The van der Waals surface area contributed by atoms with E-state index in [-0.39, 0.29) is 5.15 Å². The van der Waals surface area contributed by atoms with Gasteiger partial charge in [0.05, 0.1) is 0 Å². The van der Waals surface area contributed by atoms with E-state index in [1.807, 2.05) is 0 Å². The Hall–Kier alpha value is -1.09. The molecule has 0 aliphatic rings. The first-order valence-electron chi connectivity index (χ1n) is 3.03. The number of primary amides is 1. The lowest BCUT2D eigenvalue weighted by Gasteiger charge is -1.99. The molecule has 0 bridgehead atoms. The van der Waals surface area contributed by atoms with Crippen molar-refractivity contribution in [3.63, 3.8) is 0 Å². The molecule has 3 nitrogen and oxygen atoms in total. The highest BCUT2D eigenvalue weighted by Gasteiger charge is 2.04. The summed E-state index contributed by atoms with van der Waals surface area (Å²) in [6.07, 6.45) is 1.52. The summed E-state index contributed by atoms with van der Waals surface area (Å²) in [4.78, 5) is 14.5. The van der Waals surface area contributed by atoms with Crippen LogP contribution in [-0.4, -0.2) is 10.9 Å². The van der Waals surface area contributed by atoms with Gasteiger partial charge in [0.25, 0.3) is 0 Å². The number of aromatic nitrogens is 1. The Kier molecular flexibility index (Phi) is 2.10. The Balaban J connectivity index is 3.23. The maximum atomic E-state index is 10.7. The molecule has 0 unspecified atom stereocenters. The van der Waals surface area contributed by atoms with Crippen LogP contribution in [0.5, 0.6) is 0 Å². The Bertz CT molecular complexity index is 298. The fourth-order valence-electron chi connectivity index (χ4n) is 0.764. The van der Waals surface area contributed by atoms with E-state index in [2.05, 4.69) is 4.98 Å². The van der Waals surface area contributed by atoms with Crippen molar-refractivity contribution in [3.05, 3.63) is 28.5 Å². The summed E-state index contributed by atoms with van der Waals surface area (Å²) in [7, 11) is 0. The Morgan fingerprint density at radius 2 is 2.36 bits per heavy atom. The van der Waals surface area contributed by atoms with Gasteiger partial charge in [-0.2, -0.15) is 0 Å². The molecule has 1 heterocycles. The van der Waals surface area contributed by atoms with E-state index in [1.54, 1.807) is 6.92 Å². The summed E-state index contributed by atoms with van der Waals surface area (Å²) in [5.41, 5.74) is 6.22. The molecule has 1 rings (SSSR count). The molecule has 4 heteroatoms. The molecule has 0 aliphatic heterocycles. The van der Waals surface area contributed by atoms with Crippen LogP contribution in [0.1, 0.15) is 15.9 Å². The SMILES string of the molecule is Cc1cnc(Cl)cc1C(N)=O. The predicted octanol–water partition coefficient (Wildman–Crippen LogP) is 1.14. The van der Waals surface area contributed by atoms with Crippen LogP contribution in [0.4, 0.5) is 0 Å². The van der Waals surface area contributed by atoms with Crippen molar-refractivity contribution in [2.75, 3.05) is 0 Å². The lowest BCUT2D eigenvalue weighted by Crippen LogP contribution is -2.12. The number of hydrogen-bond acceptors (Lipinski definition) is 2. The Morgan fingerprint density at radius 3 is 2.82 bits per heavy atom. The van der Waals surface area contributed by atoms with E-state index >= 15 is 0 Å². The van der Waals surface area contributed by atoms with Gasteiger partial charge in [0.15, 0.2) is 0 Å². The van der Waals surface area contributed by atoms with E-state index in [0.29, 0.717) is 5.56 Å². The van der Waals surface area contributed by atoms with Crippen LogP contribution in [0.3, 0.4) is 0 Å². The first-order valence-corrected chi connectivity index (χ1v) is 3.41. The highest BCUT2D eigenvalue weighted by atomic mass is 35.5. The number of amides is 1. The topological polar surface area (TPSA) is 56.0 Å². The summed E-state index contributed by atoms with van der Waals surface area (Å²) in [5, 5.41) is 0.282. The third-order valence-electron chi connectivity index (χ3n) is 1.34. The van der Waals surface area contributed by atoms with Crippen molar-refractivity contribution in [1.29, 1.82) is 0 Å². The van der Waals surface area contributed by atoms with Gasteiger partial charge in [0.1, 0.15) is 5.15 Å². The molecule has 0 spiro atoms. The third kappa shape index (κ3) is 1.68. The quantitative estimate of drug-likeness (QED) is 0.643. The minimum atomic E-state index is -0.480. The first kappa shape index (κ1) is 8.01. The number of halogens is 1. The lowest BCUT2D eigenvalue weighted by molar-refractivity contribution is 0.0999. The summed E-state index contributed by atoms with van der Waals surface area (Å²) in [5.74, 6) is -0.480. The van der Waals surface area contributed by atoms with Gasteiger partial charge < -0.3 is 5.73 Å². The van der Waals surface area contributed by atoms with Crippen LogP contribution < -0.4 is 5.73 Å². The molecular formula is C7H7ClN2O. The Labute approximate surface area is 69.2 Å². The molecule has 0 saturated heterocycles. The number of rotatable bonds is 1. The minimum absolute atomic E-state index is 0.282. The number of aryl methyl sites for hydroxylation is 1. The van der Waals surface area contributed by atoms with Crippen molar-refractivity contribution in [1.82, 2.24) is 4.98 Å². The van der Waals surface area contributed by atoms with Gasteiger partial charge in [-0.1, -0.05) is 11.6 Å². The third-order valence-corrected chi connectivity index (χ3v) is 1.54. The standard InChI is InChI=1S/C7H7ClN2O/c1-4-3-10-6(8)2-5(4)7(9)11/h2-3H,1H3,(H2,9,11). The highest BCUT2D eigenvalue weighted by Crippen LogP contribution is 2.10. The highest BCUT2D eigenvalue weighted by molar-refractivity contribution is 6.29. The van der Waals surface area contributed by atoms with Crippen molar-refractivity contribution < 1.29 is 4.79 Å². The molecule has 0 aliphatic carbocycles. The zero-order valence-corrected chi connectivity index (χ0v) is 6.72. The second-order valence-electron chi connectivity index (χ2n) is 2.19. The summed E-state index contributed by atoms with van der Waals surface area (Å²) in [6.45, 7) is 1.75. The van der Waals surface area contributed by atoms with E-state index in [4.69, 9.17) is 17.3 Å². The monoisotopic (exact) mass is 170 g/mol. The van der Waals surface area contributed by atoms with Crippen LogP contribution in [0.2, 0.25) is 5.15 Å². The van der Waals surface area contributed by atoms with Gasteiger partial charge in [-0.3, -0.25) is 4.79 Å². The molecule has 0 aromatic carbocycles. The maximum absolute atomic E-state index is 10.7. The number of nitrogens with two attached hydrogens (primary N) is 1. The minimum Gasteiger partial charge on any atom is -0.366 e. The van der Waals surface area contributed by atoms with Gasteiger partial charge in [0.2, 0.25) is 5.91 Å². The fraction of sp³-hybridized carbons (Fsp3) is 0.143. The number of nitrogens with zero attached hydrogens (tertiary/aromatic N) is 1. The molecule has 11 heavy (non-hydrogen) atoms. The van der Waals surface area contributed by atoms with E-state index in [0.717, 1.165) is 5.56 Å². The normalized spacial score (nSPS) is 9.64. The molecule has 2 N–H and O–H groups in total. The van der Waals surface area contributed by atoms with Crippen molar-refractivity contribution in [3.8, 4) is 0 Å². The number of hydrogen-bond donors (Lipinski definition) is 1. The Morgan fingerprint density at radius 1 is 1.73 bits per heavy atom. The zero-order chi connectivity index (χ0) is 8.43. The van der Waals surface area contributed by atoms with Crippen LogP contribution in [0.25, 0.3) is 0 Å². The zero-order valence-electron chi connectivity index (χ0n) is 5.97. The van der Waals surface area contributed by atoms with Gasteiger partial charge in [-0.05, 0) is 18.6 Å². The van der Waals surface area contributed by atoms with Crippen LogP contribution in [-0.2, 0) is 0 Å². The van der Waals surface area contributed by atoms with Crippen molar-refractivity contribution in [2.24, 2.45) is 5.73 Å². The molecule has 0 atom stereocenters. The lowest BCUT2D eigenvalue weighted by atomic mass is 10.1. The summed E-state index contributed by atoms with van der Waals surface area (Å²) >= 11 is 5.54. The van der Waals surface area contributed by atoms with Crippen molar-refractivity contribution in [2.45, 2.75) is 6.92 Å². The van der Waals surface area contributed by atoms with Crippen LogP contribution in [0, 0.1) is 6.92 Å². The first-order chi connectivity index (χ1) is 5.11. The van der Waals surface area contributed by atoms with Gasteiger partial charge in [-0.15, -0.1) is 0 Å². The van der Waals surface area contributed by atoms with Gasteiger partial charge >= 0.3 is 0 Å². The average Bonchev–Trinajstić information content (AvgIpc) is 1.94. The summed E-state index contributed by atoms with van der Waals surface area (Å²) < 4.78 is 0. The largest absolute Gasteiger partial charge is 0.366 e. The van der Waals surface area contributed by atoms with Gasteiger partial charge in [-0.25, -0.2) is 4.98 Å². The average molecular weight is 171 g/mol. The number of carbonyl (C=O) groups excluding carboxylic acids is 1. The second-order valence-corrected chi connectivity index (χ2v) is 2.57. The molecule has 0 fully saturated rings. The molecule has 0 radical (unpaired) electrons. The maximum Gasteiger partial charge on any atom is 0.249 e. The van der Waals surface area contributed by atoms with E-state index in [9.17, 15) is 4.79 Å². The fourth-order valence-corrected chi connectivity index (χ4v) is 0.922. The molecule has 1 amide bonds. The van der Waals surface area contributed by atoms with E-state index in [1.165, 1.54) is 12.3 Å². The van der Waals surface area contributed by atoms with Crippen LogP contribution in [0.15, 0.2) is 12.3 Å². The van der Waals surface area contributed by atoms with Gasteiger partial charge in [0, 0.05) is 11.8 Å². The summed E-state index contributed by atoms with van der Waals surface area (Å²) in [6, 6.07) is 1.46. The number of carbonyl (C=O) groups is 1. The molecular weight excluding hydrogens is 164 g/mol. The molecule has 1 aromatic rings. The second kappa shape index (κ2) is 2.88. The molecule has 1 aromatic heterocycles. The molecule has 0 saturated carbocycles. The van der Waals surface area contributed by atoms with E-state index < -0.39 is 5.91 Å². The predicted molar refractivity (Wildman–Crippen MR) is 42.5 cm³/mol. The number of pyridine rings is 1. The smallest absolute Gasteiger partial charge is 0.249 e.